The Kier molecular flexibility index (Phi) is 6.12. The topological polar surface area (TPSA) is 38.7 Å². The van der Waals surface area contributed by atoms with E-state index in [1.807, 2.05) is 24.3 Å². The Morgan fingerprint density at radius 1 is 0.810 bits per heavy atom. The minimum Gasteiger partial charge on any atom is -0.218 e. The van der Waals surface area contributed by atoms with E-state index < -0.39 is 0 Å². The zero-order valence-corrected chi connectivity index (χ0v) is 13.5. The Balaban J connectivity index is 2.31. The second kappa shape index (κ2) is 8.08. The molecular weight excluding hydrogens is 282 g/mol. The van der Waals surface area contributed by atoms with Crippen molar-refractivity contribution in [3.8, 4) is 11.4 Å². The molecule has 0 unspecified atom stereocenters. The molecule has 2 aromatic rings. The zero-order valence-electron chi connectivity index (χ0n) is 12.8. The molecule has 3 nitrogen and oxygen atoms in total. The summed E-state index contributed by atoms with van der Waals surface area (Å²) in [6.45, 7) is 4.36. The van der Waals surface area contributed by atoms with E-state index in [1.165, 1.54) is 0 Å². The molecule has 0 aliphatic rings. The second-order valence-corrected chi connectivity index (χ2v) is 5.64. The lowest BCUT2D eigenvalue weighted by Gasteiger charge is -2.07. The summed E-state index contributed by atoms with van der Waals surface area (Å²) < 4.78 is 0. The van der Waals surface area contributed by atoms with Crippen LogP contribution in [0.3, 0.4) is 0 Å². The molecule has 0 saturated carbocycles. The lowest BCUT2D eigenvalue weighted by atomic mass is 10.2. The Labute approximate surface area is 131 Å². The fourth-order valence-electron chi connectivity index (χ4n) is 2.09. The van der Waals surface area contributed by atoms with Gasteiger partial charge < -0.3 is 0 Å². The molecule has 1 heterocycles. The molecule has 21 heavy (non-hydrogen) atoms. The largest absolute Gasteiger partial charge is 0.218 e. The van der Waals surface area contributed by atoms with Crippen molar-refractivity contribution >= 4 is 11.6 Å². The van der Waals surface area contributed by atoms with Crippen LogP contribution >= 0.6 is 11.6 Å². The van der Waals surface area contributed by atoms with Crippen molar-refractivity contribution in [1.29, 1.82) is 0 Å². The summed E-state index contributed by atoms with van der Waals surface area (Å²) in [6, 6.07) is 7.67. The summed E-state index contributed by atoms with van der Waals surface area (Å²) in [5.41, 5.74) is 0.997. The van der Waals surface area contributed by atoms with E-state index in [0.29, 0.717) is 0 Å². The van der Waals surface area contributed by atoms with E-state index in [9.17, 15) is 0 Å². The smallest absolute Gasteiger partial charge is 0.163 e. The van der Waals surface area contributed by atoms with Crippen LogP contribution in [-0.4, -0.2) is 15.0 Å². The Morgan fingerprint density at radius 2 is 1.33 bits per heavy atom. The van der Waals surface area contributed by atoms with E-state index in [0.717, 1.165) is 66.6 Å². The van der Waals surface area contributed by atoms with Gasteiger partial charge in [-0.25, -0.2) is 15.0 Å². The number of nitrogens with zero attached hydrogens (tertiary/aromatic N) is 3. The first-order chi connectivity index (χ1) is 10.2. The number of unbranched alkanes of at least 4 members (excludes halogenated alkanes) is 2. The molecule has 0 atom stereocenters. The fourth-order valence-corrected chi connectivity index (χ4v) is 2.22. The lowest BCUT2D eigenvalue weighted by Crippen LogP contribution is -2.06. The minimum atomic E-state index is 0.727. The fraction of sp³-hybridized carbons (Fsp3) is 0.471. The molecule has 0 bridgehead atoms. The monoisotopic (exact) mass is 303 g/mol. The SMILES string of the molecule is CCCCc1nc(CCCC)nc(-c2ccc(Cl)cc2)n1. The number of halogens is 1. The molecule has 0 fully saturated rings. The number of rotatable bonds is 7. The van der Waals surface area contributed by atoms with Crippen LogP contribution in [0.2, 0.25) is 5.02 Å². The normalized spacial score (nSPS) is 10.8. The molecule has 1 aromatic carbocycles. The summed E-state index contributed by atoms with van der Waals surface area (Å²) in [5, 5.41) is 0.727. The molecule has 0 aliphatic heterocycles. The molecular formula is C17H22ClN3. The summed E-state index contributed by atoms with van der Waals surface area (Å²) in [5.74, 6) is 2.57. The molecule has 0 spiro atoms. The van der Waals surface area contributed by atoms with E-state index >= 15 is 0 Å². The van der Waals surface area contributed by atoms with Gasteiger partial charge in [-0.1, -0.05) is 38.3 Å². The first kappa shape index (κ1) is 15.9. The van der Waals surface area contributed by atoms with Gasteiger partial charge in [-0.2, -0.15) is 0 Å². The van der Waals surface area contributed by atoms with Crippen molar-refractivity contribution in [2.24, 2.45) is 0 Å². The third kappa shape index (κ3) is 4.78. The van der Waals surface area contributed by atoms with Gasteiger partial charge in [-0.05, 0) is 37.1 Å². The molecule has 4 heteroatoms. The predicted octanol–water partition coefficient (Wildman–Crippen LogP) is 4.88. The summed E-state index contributed by atoms with van der Waals surface area (Å²) in [6.07, 6.45) is 6.34. The van der Waals surface area contributed by atoms with Gasteiger partial charge in [0.05, 0.1) is 0 Å². The Hall–Kier alpha value is -1.48. The van der Waals surface area contributed by atoms with Crippen molar-refractivity contribution < 1.29 is 0 Å². The summed E-state index contributed by atoms with van der Waals surface area (Å²) >= 11 is 5.95. The highest BCUT2D eigenvalue weighted by molar-refractivity contribution is 6.30. The van der Waals surface area contributed by atoms with Crippen molar-refractivity contribution in [1.82, 2.24) is 15.0 Å². The molecule has 0 amide bonds. The maximum Gasteiger partial charge on any atom is 0.163 e. The van der Waals surface area contributed by atoms with Crippen molar-refractivity contribution in [3.63, 3.8) is 0 Å². The standard InChI is InChI=1S/C17H22ClN3/c1-3-5-7-15-19-16(8-6-4-2)21-17(20-15)13-9-11-14(18)12-10-13/h9-12H,3-8H2,1-2H3. The molecule has 0 saturated heterocycles. The van der Waals surface area contributed by atoms with Crippen LogP contribution in [-0.2, 0) is 12.8 Å². The number of aromatic nitrogens is 3. The number of hydrogen-bond acceptors (Lipinski definition) is 3. The van der Waals surface area contributed by atoms with Crippen LogP contribution in [0.15, 0.2) is 24.3 Å². The Bertz CT molecular complexity index is 540. The molecule has 0 radical (unpaired) electrons. The number of hydrogen-bond donors (Lipinski definition) is 0. The van der Waals surface area contributed by atoms with Gasteiger partial charge in [0.25, 0.3) is 0 Å². The van der Waals surface area contributed by atoms with Crippen LogP contribution < -0.4 is 0 Å². The highest BCUT2D eigenvalue weighted by Crippen LogP contribution is 2.19. The van der Waals surface area contributed by atoms with Crippen molar-refractivity contribution in [2.75, 3.05) is 0 Å². The number of benzene rings is 1. The second-order valence-electron chi connectivity index (χ2n) is 5.21. The minimum absolute atomic E-state index is 0.727. The van der Waals surface area contributed by atoms with Crippen LogP contribution in [0.25, 0.3) is 11.4 Å². The van der Waals surface area contributed by atoms with E-state index in [2.05, 4.69) is 28.8 Å². The van der Waals surface area contributed by atoms with Crippen LogP contribution in [0, 0.1) is 0 Å². The molecule has 112 valence electrons. The van der Waals surface area contributed by atoms with Crippen LogP contribution in [0.4, 0.5) is 0 Å². The van der Waals surface area contributed by atoms with E-state index in [1.54, 1.807) is 0 Å². The van der Waals surface area contributed by atoms with Gasteiger partial charge in [0, 0.05) is 23.4 Å². The van der Waals surface area contributed by atoms with Crippen LogP contribution in [0.5, 0.6) is 0 Å². The van der Waals surface area contributed by atoms with Gasteiger partial charge in [0.1, 0.15) is 11.6 Å². The average molecular weight is 304 g/mol. The van der Waals surface area contributed by atoms with Gasteiger partial charge in [-0.3, -0.25) is 0 Å². The first-order valence-electron chi connectivity index (χ1n) is 7.72. The van der Waals surface area contributed by atoms with Crippen molar-refractivity contribution in [2.45, 2.75) is 52.4 Å². The van der Waals surface area contributed by atoms with Gasteiger partial charge >= 0.3 is 0 Å². The lowest BCUT2D eigenvalue weighted by molar-refractivity contribution is 0.702. The maximum absolute atomic E-state index is 5.95. The molecule has 0 N–H and O–H groups in total. The van der Waals surface area contributed by atoms with Gasteiger partial charge in [-0.15, -0.1) is 0 Å². The zero-order chi connectivity index (χ0) is 15.1. The third-order valence-corrected chi connectivity index (χ3v) is 3.59. The quantitative estimate of drug-likeness (QED) is 0.732. The first-order valence-corrected chi connectivity index (χ1v) is 8.10. The highest BCUT2D eigenvalue weighted by atomic mass is 35.5. The third-order valence-electron chi connectivity index (χ3n) is 3.34. The van der Waals surface area contributed by atoms with Crippen molar-refractivity contribution in [3.05, 3.63) is 40.9 Å². The van der Waals surface area contributed by atoms with E-state index in [-0.39, 0.29) is 0 Å². The number of aryl methyl sites for hydroxylation is 2. The van der Waals surface area contributed by atoms with E-state index in [4.69, 9.17) is 11.6 Å². The summed E-state index contributed by atoms with van der Waals surface area (Å²) in [4.78, 5) is 13.8. The average Bonchev–Trinajstić information content (AvgIpc) is 2.51. The van der Waals surface area contributed by atoms with Crippen LogP contribution in [0.1, 0.15) is 51.2 Å². The maximum atomic E-state index is 5.95. The molecule has 1 aromatic heterocycles. The Morgan fingerprint density at radius 3 is 1.81 bits per heavy atom. The molecule has 0 aliphatic carbocycles. The van der Waals surface area contributed by atoms with Gasteiger partial charge in [0.2, 0.25) is 0 Å². The molecule has 2 rings (SSSR count). The predicted molar refractivity (Wildman–Crippen MR) is 87.5 cm³/mol. The van der Waals surface area contributed by atoms with Gasteiger partial charge in [0.15, 0.2) is 5.82 Å². The highest BCUT2D eigenvalue weighted by Gasteiger charge is 2.08. The summed E-state index contributed by atoms with van der Waals surface area (Å²) in [7, 11) is 0.